The number of para-hydroxylation sites is 1. The van der Waals surface area contributed by atoms with Crippen molar-refractivity contribution in [2.75, 3.05) is 25.6 Å². The Balaban J connectivity index is 2.24. The number of anilines is 1. The van der Waals surface area contributed by atoms with Crippen molar-refractivity contribution >= 4 is 11.6 Å². The highest BCUT2D eigenvalue weighted by Gasteiger charge is 2.30. The van der Waals surface area contributed by atoms with Crippen LogP contribution in [0.5, 0.6) is 0 Å². The molecule has 4 nitrogen and oxygen atoms in total. The van der Waals surface area contributed by atoms with Gasteiger partial charge >= 0.3 is 0 Å². The lowest BCUT2D eigenvalue weighted by atomic mass is 9.95. The van der Waals surface area contributed by atoms with Gasteiger partial charge in [0, 0.05) is 25.4 Å². The summed E-state index contributed by atoms with van der Waals surface area (Å²) in [5, 5.41) is 3.32. The maximum Gasteiger partial charge on any atom is 0.229 e. The van der Waals surface area contributed by atoms with Crippen molar-refractivity contribution in [3.63, 3.8) is 0 Å². The van der Waals surface area contributed by atoms with Crippen LogP contribution >= 0.6 is 0 Å². The van der Waals surface area contributed by atoms with E-state index < -0.39 is 5.60 Å². The first-order valence-electron chi connectivity index (χ1n) is 7.10. The van der Waals surface area contributed by atoms with Crippen LogP contribution in [0.25, 0.3) is 0 Å². The van der Waals surface area contributed by atoms with Gasteiger partial charge in [-0.05, 0) is 38.9 Å². The number of nitrogens with one attached hydrogen (secondary N) is 1. The second kappa shape index (κ2) is 5.94. The highest BCUT2D eigenvalue weighted by atomic mass is 16.5. The van der Waals surface area contributed by atoms with Gasteiger partial charge < -0.3 is 15.0 Å². The Labute approximate surface area is 121 Å². The van der Waals surface area contributed by atoms with Crippen molar-refractivity contribution in [3.8, 4) is 0 Å². The minimum atomic E-state index is -0.425. The molecule has 0 spiro atoms. The highest BCUT2D eigenvalue weighted by Crippen LogP contribution is 2.34. The molecule has 1 aliphatic rings. The minimum Gasteiger partial charge on any atom is -0.378 e. The number of ether oxygens (including phenoxy) is 1. The molecule has 1 aromatic rings. The largest absolute Gasteiger partial charge is 0.378 e. The molecule has 1 aliphatic heterocycles. The van der Waals surface area contributed by atoms with Gasteiger partial charge in [0.2, 0.25) is 5.91 Å². The van der Waals surface area contributed by atoms with Gasteiger partial charge in [-0.3, -0.25) is 4.79 Å². The molecule has 0 saturated carbocycles. The molecule has 1 heterocycles. The van der Waals surface area contributed by atoms with E-state index in [4.69, 9.17) is 4.74 Å². The molecule has 2 rings (SSSR count). The lowest BCUT2D eigenvalue weighted by Gasteiger charge is -2.35. The van der Waals surface area contributed by atoms with E-state index >= 15 is 0 Å². The number of carbonyl (C=O) groups excluding carboxylic acids is 1. The van der Waals surface area contributed by atoms with Gasteiger partial charge in [-0.25, -0.2) is 0 Å². The van der Waals surface area contributed by atoms with E-state index in [2.05, 4.69) is 11.4 Å². The van der Waals surface area contributed by atoms with E-state index in [1.165, 1.54) is 5.56 Å². The van der Waals surface area contributed by atoms with Gasteiger partial charge in [-0.15, -0.1) is 0 Å². The molecule has 0 saturated heterocycles. The minimum absolute atomic E-state index is 0.124. The molecule has 1 amide bonds. The summed E-state index contributed by atoms with van der Waals surface area (Å²) in [6.07, 6.45) is 1.33. The predicted molar refractivity (Wildman–Crippen MR) is 80.9 cm³/mol. The van der Waals surface area contributed by atoms with Crippen LogP contribution in [0, 0.1) is 0 Å². The summed E-state index contributed by atoms with van der Waals surface area (Å²) in [6.45, 7) is 4.63. The van der Waals surface area contributed by atoms with Crippen LogP contribution in [0.4, 0.5) is 5.69 Å². The molecule has 0 aromatic heterocycles. The molecule has 20 heavy (non-hydrogen) atoms. The first kappa shape index (κ1) is 15.0. The Morgan fingerprint density at radius 3 is 2.80 bits per heavy atom. The lowest BCUT2D eigenvalue weighted by molar-refractivity contribution is -0.123. The van der Waals surface area contributed by atoms with Crippen LogP contribution in [0.2, 0.25) is 0 Å². The van der Waals surface area contributed by atoms with Crippen molar-refractivity contribution in [3.05, 3.63) is 29.8 Å². The molecule has 1 atom stereocenters. The van der Waals surface area contributed by atoms with Crippen molar-refractivity contribution in [1.82, 2.24) is 5.32 Å². The van der Waals surface area contributed by atoms with Gasteiger partial charge in [0.05, 0.1) is 12.0 Å². The summed E-state index contributed by atoms with van der Waals surface area (Å²) in [6, 6.07) is 8.45. The van der Waals surface area contributed by atoms with Crippen LogP contribution in [0.1, 0.15) is 38.3 Å². The summed E-state index contributed by atoms with van der Waals surface area (Å²) in [5.74, 6) is 0.124. The number of hydrogen-bond acceptors (Lipinski definition) is 3. The average molecular weight is 276 g/mol. The Hall–Kier alpha value is -1.39. The Morgan fingerprint density at radius 1 is 1.45 bits per heavy atom. The molecule has 1 N–H and O–H groups in total. The third kappa shape index (κ3) is 3.02. The number of nitrogens with zero attached hydrogens (tertiary/aromatic N) is 1. The molecule has 110 valence electrons. The summed E-state index contributed by atoms with van der Waals surface area (Å²) in [4.78, 5) is 14.4. The van der Waals surface area contributed by atoms with Gasteiger partial charge in [0.15, 0.2) is 0 Å². The Morgan fingerprint density at radius 2 is 2.15 bits per heavy atom. The monoisotopic (exact) mass is 276 g/mol. The van der Waals surface area contributed by atoms with E-state index in [0.29, 0.717) is 12.5 Å². The zero-order valence-corrected chi connectivity index (χ0v) is 12.8. The summed E-state index contributed by atoms with van der Waals surface area (Å²) >= 11 is 0. The van der Waals surface area contributed by atoms with Crippen LogP contribution in [0.15, 0.2) is 24.3 Å². The van der Waals surface area contributed by atoms with E-state index in [-0.39, 0.29) is 5.91 Å². The van der Waals surface area contributed by atoms with E-state index in [1.807, 2.05) is 44.0 Å². The zero-order chi connectivity index (χ0) is 14.8. The van der Waals surface area contributed by atoms with Crippen molar-refractivity contribution in [2.45, 2.75) is 38.3 Å². The molecule has 0 fully saturated rings. The molecular formula is C16H24N2O2. The SMILES string of the molecule is CNC1CCN(C(=O)CC(C)(C)OC)c2ccccc21. The summed E-state index contributed by atoms with van der Waals surface area (Å²) in [5.41, 5.74) is 1.80. The smallest absolute Gasteiger partial charge is 0.229 e. The first-order chi connectivity index (χ1) is 9.48. The Bertz CT molecular complexity index is 485. The molecule has 1 aromatic carbocycles. The lowest BCUT2D eigenvalue weighted by Crippen LogP contribution is -2.42. The maximum absolute atomic E-state index is 12.6. The third-order valence-corrected chi connectivity index (χ3v) is 4.02. The topological polar surface area (TPSA) is 41.6 Å². The number of benzene rings is 1. The maximum atomic E-state index is 12.6. The van der Waals surface area contributed by atoms with Crippen LogP contribution < -0.4 is 10.2 Å². The highest BCUT2D eigenvalue weighted by molar-refractivity contribution is 5.95. The normalized spacial score (nSPS) is 18.8. The number of methoxy groups -OCH3 is 1. The fourth-order valence-corrected chi connectivity index (χ4v) is 2.65. The number of carbonyl (C=O) groups is 1. The second-order valence-electron chi connectivity index (χ2n) is 5.87. The van der Waals surface area contributed by atoms with Crippen LogP contribution in [-0.2, 0) is 9.53 Å². The van der Waals surface area contributed by atoms with Crippen LogP contribution in [-0.4, -0.2) is 32.2 Å². The quantitative estimate of drug-likeness (QED) is 0.918. The van der Waals surface area contributed by atoms with Crippen molar-refractivity contribution in [2.24, 2.45) is 0 Å². The number of fused-ring (bicyclic) bond motifs is 1. The number of rotatable bonds is 4. The summed E-state index contributed by atoms with van der Waals surface area (Å²) < 4.78 is 5.37. The zero-order valence-electron chi connectivity index (χ0n) is 12.8. The molecular weight excluding hydrogens is 252 g/mol. The van der Waals surface area contributed by atoms with E-state index in [9.17, 15) is 4.79 Å². The fraction of sp³-hybridized carbons (Fsp3) is 0.562. The van der Waals surface area contributed by atoms with Gasteiger partial charge in [-0.1, -0.05) is 18.2 Å². The molecule has 1 unspecified atom stereocenters. The van der Waals surface area contributed by atoms with Crippen molar-refractivity contribution in [1.29, 1.82) is 0 Å². The van der Waals surface area contributed by atoms with Crippen LogP contribution in [0.3, 0.4) is 0 Å². The fourth-order valence-electron chi connectivity index (χ4n) is 2.65. The van der Waals surface area contributed by atoms with Crippen molar-refractivity contribution < 1.29 is 9.53 Å². The summed E-state index contributed by atoms with van der Waals surface area (Å²) in [7, 11) is 3.61. The Kier molecular flexibility index (Phi) is 4.45. The molecule has 4 heteroatoms. The van der Waals surface area contributed by atoms with E-state index in [0.717, 1.165) is 18.7 Å². The van der Waals surface area contributed by atoms with E-state index in [1.54, 1.807) is 7.11 Å². The number of amides is 1. The molecule has 0 aliphatic carbocycles. The third-order valence-electron chi connectivity index (χ3n) is 4.02. The first-order valence-corrected chi connectivity index (χ1v) is 7.10. The van der Waals surface area contributed by atoms with Gasteiger partial charge in [-0.2, -0.15) is 0 Å². The number of hydrogen-bond donors (Lipinski definition) is 1. The standard InChI is InChI=1S/C16H24N2O2/c1-16(2,20-4)11-15(19)18-10-9-13(17-3)12-7-5-6-8-14(12)18/h5-8,13,17H,9-11H2,1-4H3. The van der Waals surface area contributed by atoms with Gasteiger partial charge in [0.25, 0.3) is 0 Å². The second-order valence-corrected chi connectivity index (χ2v) is 5.87. The molecule has 0 radical (unpaired) electrons. The average Bonchev–Trinajstić information content (AvgIpc) is 2.45. The van der Waals surface area contributed by atoms with Gasteiger partial charge in [0.1, 0.15) is 0 Å². The predicted octanol–water partition coefficient (Wildman–Crippen LogP) is 2.50. The molecule has 0 bridgehead atoms.